The number of hydrogen-bond donors (Lipinski definition) is 1. The number of benzene rings is 1. The Morgan fingerprint density at radius 1 is 1.10 bits per heavy atom. The largest absolute Gasteiger partial charge is 0.382 e. The van der Waals surface area contributed by atoms with E-state index < -0.39 is 0 Å². The second-order valence-corrected chi connectivity index (χ2v) is 9.41. The number of thioether (sulfide) groups is 1. The molecule has 0 saturated heterocycles. The number of ether oxygens (including phenoxy) is 1. The Morgan fingerprint density at radius 3 is 2.74 bits per heavy atom. The number of thiophene rings is 1. The summed E-state index contributed by atoms with van der Waals surface area (Å²) in [6.45, 7) is 4.37. The van der Waals surface area contributed by atoms with Crippen molar-refractivity contribution in [2.24, 2.45) is 0 Å². The second kappa shape index (κ2) is 9.10. The molecule has 3 heterocycles. The molecule has 0 fully saturated rings. The van der Waals surface area contributed by atoms with E-state index >= 15 is 0 Å². The van der Waals surface area contributed by atoms with E-state index in [0.29, 0.717) is 0 Å². The van der Waals surface area contributed by atoms with Gasteiger partial charge in [0.15, 0.2) is 5.16 Å². The minimum atomic E-state index is 0.755. The first-order valence-corrected chi connectivity index (χ1v) is 12.9. The molecule has 1 aliphatic carbocycles. The smallest absolute Gasteiger partial charge is 0.189 e. The summed E-state index contributed by atoms with van der Waals surface area (Å²) in [7, 11) is 0. The van der Waals surface area contributed by atoms with Crippen LogP contribution in [-0.4, -0.2) is 41.0 Å². The number of pyridine rings is 1. The standard InChI is InChI=1S/C24H26N4OS2/c1-3-29-14-8-13-25-22-21-20(27-24(28-22)30-2)18-16-11-7-12-17(16)19(26-23(18)31-21)15-9-5-4-6-10-15/h4-6,9-10H,3,7-8,11-14H2,1-2H3,(H,25,27,28). The lowest BCUT2D eigenvalue weighted by atomic mass is 10.0. The molecule has 0 unspecified atom stereocenters. The monoisotopic (exact) mass is 450 g/mol. The third kappa shape index (κ3) is 3.90. The van der Waals surface area contributed by atoms with Crippen LogP contribution in [0, 0.1) is 0 Å². The van der Waals surface area contributed by atoms with Gasteiger partial charge in [-0.2, -0.15) is 0 Å². The molecule has 1 N–H and O–H groups in total. The summed E-state index contributed by atoms with van der Waals surface area (Å²) in [6.07, 6.45) is 6.34. The van der Waals surface area contributed by atoms with Gasteiger partial charge < -0.3 is 10.1 Å². The minimum absolute atomic E-state index is 0.755. The van der Waals surface area contributed by atoms with E-state index in [2.05, 4.69) is 35.6 Å². The van der Waals surface area contributed by atoms with Crippen molar-refractivity contribution in [3.8, 4) is 11.3 Å². The normalized spacial score (nSPS) is 13.2. The topological polar surface area (TPSA) is 59.9 Å². The van der Waals surface area contributed by atoms with Gasteiger partial charge in [-0.05, 0) is 50.0 Å². The molecule has 3 aromatic heterocycles. The van der Waals surface area contributed by atoms with Crippen molar-refractivity contribution in [3.05, 3.63) is 41.5 Å². The van der Waals surface area contributed by atoms with E-state index in [9.17, 15) is 0 Å². The highest BCUT2D eigenvalue weighted by molar-refractivity contribution is 7.98. The Bertz CT molecular complexity index is 1220. The van der Waals surface area contributed by atoms with Gasteiger partial charge in [0.1, 0.15) is 10.6 Å². The van der Waals surface area contributed by atoms with Crippen LogP contribution >= 0.6 is 23.1 Å². The summed E-state index contributed by atoms with van der Waals surface area (Å²) < 4.78 is 6.58. The van der Waals surface area contributed by atoms with E-state index in [1.807, 2.05) is 13.2 Å². The van der Waals surface area contributed by atoms with Crippen LogP contribution in [0.15, 0.2) is 35.5 Å². The molecule has 0 aliphatic heterocycles. The lowest BCUT2D eigenvalue weighted by molar-refractivity contribution is 0.147. The van der Waals surface area contributed by atoms with Crippen molar-refractivity contribution in [2.75, 3.05) is 31.3 Å². The number of aromatic nitrogens is 3. The molecular weight excluding hydrogens is 424 g/mol. The molecule has 160 valence electrons. The van der Waals surface area contributed by atoms with Crippen LogP contribution in [0.1, 0.15) is 30.9 Å². The number of nitrogens with one attached hydrogen (secondary N) is 1. The van der Waals surface area contributed by atoms with Crippen molar-refractivity contribution in [1.29, 1.82) is 0 Å². The highest BCUT2D eigenvalue weighted by atomic mass is 32.2. The van der Waals surface area contributed by atoms with Crippen LogP contribution in [-0.2, 0) is 17.6 Å². The van der Waals surface area contributed by atoms with Gasteiger partial charge in [-0.3, -0.25) is 0 Å². The number of rotatable bonds is 8. The Labute approximate surface area is 190 Å². The first kappa shape index (κ1) is 20.7. The van der Waals surface area contributed by atoms with Gasteiger partial charge in [-0.25, -0.2) is 15.0 Å². The molecule has 5 nitrogen and oxygen atoms in total. The quantitative estimate of drug-likeness (QED) is 0.203. The first-order valence-electron chi connectivity index (χ1n) is 10.9. The van der Waals surface area contributed by atoms with Crippen molar-refractivity contribution in [3.63, 3.8) is 0 Å². The highest BCUT2D eigenvalue weighted by Gasteiger charge is 2.25. The molecule has 1 aliphatic rings. The van der Waals surface area contributed by atoms with Crippen molar-refractivity contribution < 1.29 is 4.74 Å². The highest BCUT2D eigenvalue weighted by Crippen LogP contribution is 2.43. The van der Waals surface area contributed by atoms with Crippen LogP contribution in [0.2, 0.25) is 0 Å². The average molecular weight is 451 g/mol. The third-order valence-electron chi connectivity index (χ3n) is 5.71. The molecular formula is C24H26N4OS2. The fraction of sp³-hybridized carbons (Fsp3) is 0.375. The summed E-state index contributed by atoms with van der Waals surface area (Å²) in [4.78, 5) is 16.0. The number of anilines is 1. The summed E-state index contributed by atoms with van der Waals surface area (Å²) in [5, 5.41) is 5.58. The van der Waals surface area contributed by atoms with Crippen LogP contribution < -0.4 is 5.32 Å². The van der Waals surface area contributed by atoms with E-state index in [0.717, 1.165) is 70.7 Å². The Balaban J connectivity index is 1.65. The van der Waals surface area contributed by atoms with Gasteiger partial charge in [-0.15, -0.1) is 11.3 Å². The van der Waals surface area contributed by atoms with Gasteiger partial charge in [0.2, 0.25) is 0 Å². The van der Waals surface area contributed by atoms with Gasteiger partial charge in [-0.1, -0.05) is 42.1 Å². The molecule has 7 heteroatoms. The zero-order chi connectivity index (χ0) is 21.2. The molecule has 0 bridgehead atoms. The zero-order valence-electron chi connectivity index (χ0n) is 17.9. The first-order chi connectivity index (χ1) is 15.3. The number of hydrogen-bond acceptors (Lipinski definition) is 7. The molecule has 0 radical (unpaired) electrons. The molecule has 4 aromatic rings. The third-order valence-corrected chi connectivity index (χ3v) is 7.33. The maximum Gasteiger partial charge on any atom is 0.189 e. The molecule has 0 saturated carbocycles. The second-order valence-electron chi connectivity index (χ2n) is 7.63. The molecule has 1 aromatic carbocycles. The number of aryl methyl sites for hydroxylation is 1. The number of fused-ring (bicyclic) bond motifs is 5. The molecule has 0 atom stereocenters. The molecule has 0 amide bonds. The lowest BCUT2D eigenvalue weighted by Gasteiger charge is -2.10. The fourth-order valence-electron chi connectivity index (χ4n) is 4.32. The summed E-state index contributed by atoms with van der Waals surface area (Å²) >= 11 is 3.30. The Kier molecular flexibility index (Phi) is 6.07. The summed E-state index contributed by atoms with van der Waals surface area (Å²) in [6, 6.07) is 10.6. The fourth-order valence-corrected chi connectivity index (χ4v) is 5.79. The van der Waals surface area contributed by atoms with Gasteiger partial charge in [0.05, 0.1) is 15.9 Å². The van der Waals surface area contributed by atoms with Gasteiger partial charge in [0, 0.05) is 30.7 Å². The maximum atomic E-state index is 5.47. The van der Waals surface area contributed by atoms with Crippen molar-refractivity contribution >= 4 is 49.3 Å². The SMILES string of the molecule is CCOCCCNc1nc(SC)nc2c1sc1nc(-c3ccccc3)c3c(c12)CCC3. The summed E-state index contributed by atoms with van der Waals surface area (Å²) in [5.41, 5.74) is 6.22. The van der Waals surface area contributed by atoms with Gasteiger partial charge in [0.25, 0.3) is 0 Å². The van der Waals surface area contributed by atoms with Crippen LogP contribution in [0.4, 0.5) is 5.82 Å². The Morgan fingerprint density at radius 2 is 1.94 bits per heavy atom. The van der Waals surface area contributed by atoms with Crippen LogP contribution in [0.5, 0.6) is 0 Å². The predicted octanol–water partition coefficient (Wildman–Crippen LogP) is 5.96. The van der Waals surface area contributed by atoms with Crippen molar-refractivity contribution in [2.45, 2.75) is 37.8 Å². The van der Waals surface area contributed by atoms with Crippen molar-refractivity contribution in [1.82, 2.24) is 15.0 Å². The average Bonchev–Trinajstić information content (AvgIpc) is 3.43. The molecule has 0 spiro atoms. The Hall–Kier alpha value is -2.22. The van der Waals surface area contributed by atoms with E-state index in [4.69, 9.17) is 19.7 Å². The number of nitrogens with zero attached hydrogens (tertiary/aromatic N) is 3. The molecule has 31 heavy (non-hydrogen) atoms. The maximum absolute atomic E-state index is 5.47. The van der Waals surface area contributed by atoms with E-state index in [-0.39, 0.29) is 0 Å². The predicted molar refractivity (Wildman–Crippen MR) is 132 cm³/mol. The molecule has 5 rings (SSSR count). The van der Waals surface area contributed by atoms with Crippen LogP contribution in [0.3, 0.4) is 0 Å². The zero-order valence-corrected chi connectivity index (χ0v) is 19.5. The van der Waals surface area contributed by atoms with E-state index in [1.165, 1.54) is 28.5 Å². The van der Waals surface area contributed by atoms with Gasteiger partial charge >= 0.3 is 0 Å². The van der Waals surface area contributed by atoms with E-state index in [1.54, 1.807) is 23.1 Å². The lowest BCUT2D eigenvalue weighted by Crippen LogP contribution is -2.07. The minimum Gasteiger partial charge on any atom is -0.382 e. The summed E-state index contributed by atoms with van der Waals surface area (Å²) in [5.74, 6) is 0.918. The van der Waals surface area contributed by atoms with Crippen LogP contribution in [0.25, 0.3) is 31.7 Å².